The first kappa shape index (κ1) is 26.9. The van der Waals surface area contributed by atoms with Crippen LogP contribution in [0.4, 0.5) is 10.1 Å². The lowest BCUT2D eigenvalue weighted by molar-refractivity contribution is -0.153. The normalized spacial score (nSPS) is 18.8. The minimum atomic E-state index is -1.33. The molecule has 1 saturated carbocycles. The molecule has 0 radical (unpaired) electrons. The molecule has 4 rings (SSSR count). The summed E-state index contributed by atoms with van der Waals surface area (Å²) in [5.74, 6) is -1.86. The Kier molecular flexibility index (Phi) is 7.50. The Morgan fingerprint density at radius 2 is 1.97 bits per heavy atom. The molecule has 1 aromatic carbocycles. The van der Waals surface area contributed by atoms with Gasteiger partial charge in [-0.2, -0.15) is 0 Å². The highest BCUT2D eigenvalue weighted by molar-refractivity contribution is 5.97. The standard InChI is InChI=1S/C27H36FN3O6/c1-6-36-25-22-18(24(33)19(26(34)35)14-31(22)17-7-8-17)11-20(28)23(25)30-10-9-16(13-30)15(2)29-12-21(32)37-27(3,4)5/h11,14-17,29H,6-10,12-13H2,1-5H3,(H,34,35)/t15-,16+/m0/s1. The number of carbonyl (C=O) groups is 2. The molecular formula is C27H36FN3O6. The van der Waals surface area contributed by atoms with Gasteiger partial charge in [-0.25, -0.2) is 9.18 Å². The molecule has 2 heterocycles. The largest absolute Gasteiger partial charge is 0.489 e. The van der Waals surface area contributed by atoms with E-state index in [1.807, 2.05) is 32.6 Å². The maximum Gasteiger partial charge on any atom is 0.341 e. The van der Waals surface area contributed by atoms with Gasteiger partial charge in [-0.05, 0) is 65.9 Å². The average molecular weight is 518 g/mol. The van der Waals surface area contributed by atoms with E-state index in [-0.39, 0.29) is 59.5 Å². The molecule has 0 bridgehead atoms. The maximum atomic E-state index is 15.7. The minimum absolute atomic E-state index is 0.0136. The number of esters is 1. The number of fused-ring (bicyclic) bond motifs is 1. The number of ether oxygens (including phenoxy) is 2. The van der Waals surface area contributed by atoms with Gasteiger partial charge in [0.25, 0.3) is 0 Å². The summed E-state index contributed by atoms with van der Waals surface area (Å²) in [4.78, 5) is 38.7. The van der Waals surface area contributed by atoms with Crippen molar-refractivity contribution in [2.75, 3.05) is 31.1 Å². The van der Waals surface area contributed by atoms with E-state index >= 15 is 4.39 Å². The van der Waals surface area contributed by atoms with Crippen molar-refractivity contribution in [3.8, 4) is 5.75 Å². The Balaban J connectivity index is 1.65. The fourth-order valence-electron chi connectivity index (χ4n) is 5.00. The van der Waals surface area contributed by atoms with E-state index in [9.17, 15) is 19.5 Å². The van der Waals surface area contributed by atoms with Crippen LogP contribution in [0, 0.1) is 11.7 Å². The number of nitrogens with zero attached hydrogens (tertiary/aromatic N) is 2. The number of rotatable bonds is 9. The molecule has 2 aliphatic rings. The summed E-state index contributed by atoms with van der Waals surface area (Å²) in [6.45, 7) is 10.7. The SMILES string of the molecule is CCOc1c(N2CC[C@@H]([C@H](C)NCC(=O)OC(C)(C)C)C2)c(F)cc2c(=O)c(C(=O)O)cn(C3CC3)c12. The first-order valence-corrected chi connectivity index (χ1v) is 12.9. The smallest absolute Gasteiger partial charge is 0.341 e. The summed E-state index contributed by atoms with van der Waals surface area (Å²) in [7, 11) is 0. The van der Waals surface area contributed by atoms with Crippen LogP contribution in [-0.2, 0) is 9.53 Å². The number of pyridine rings is 1. The van der Waals surface area contributed by atoms with Crippen molar-refractivity contribution < 1.29 is 28.6 Å². The first-order chi connectivity index (χ1) is 17.4. The zero-order chi connectivity index (χ0) is 27.1. The summed E-state index contributed by atoms with van der Waals surface area (Å²) in [6.07, 6.45) is 3.84. The van der Waals surface area contributed by atoms with Gasteiger partial charge in [0.15, 0.2) is 11.6 Å². The summed E-state index contributed by atoms with van der Waals surface area (Å²) in [6, 6.07) is 1.18. The van der Waals surface area contributed by atoms with E-state index in [1.54, 1.807) is 11.5 Å². The van der Waals surface area contributed by atoms with Crippen LogP contribution in [-0.4, -0.2) is 59.5 Å². The topological polar surface area (TPSA) is 110 Å². The van der Waals surface area contributed by atoms with Crippen molar-refractivity contribution in [2.24, 2.45) is 5.92 Å². The molecule has 37 heavy (non-hydrogen) atoms. The molecule has 1 aromatic heterocycles. The number of carbonyl (C=O) groups excluding carboxylic acids is 1. The fraction of sp³-hybridized carbons (Fsp3) is 0.593. The predicted octanol–water partition coefficient (Wildman–Crippen LogP) is 3.72. The third kappa shape index (κ3) is 5.74. The average Bonchev–Trinajstić information content (AvgIpc) is 3.53. The number of aromatic carboxylic acids is 1. The second-order valence-corrected chi connectivity index (χ2v) is 10.9. The van der Waals surface area contributed by atoms with Crippen molar-refractivity contribution in [3.63, 3.8) is 0 Å². The summed E-state index contributed by atoms with van der Waals surface area (Å²) < 4.78 is 28.8. The quantitative estimate of drug-likeness (QED) is 0.485. The summed E-state index contributed by atoms with van der Waals surface area (Å²) in [5, 5.41) is 12.8. The van der Waals surface area contributed by atoms with Gasteiger partial charge in [-0.1, -0.05) is 0 Å². The van der Waals surface area contributed by atoms with Crippen LogP contribution in [0.3, 0.4) is 0 Å². The van der Waals surface area contributed by atoms with Crippen LogP contribution in [0.15, 0.2) is 17.1 Å². The van der Waals surface area contributed by atoms with E-state index in [0.29, 0.717) is 18.6 Å². The molecular weight excluding hydrogens is 481 g/mol. The van der Waals surface area contributed by atoms with Crippen molar-refractivity contribution >= 4 is 28.5 Å². The lowest BCUT2D eigenvalue weighted by atomic mass is 10.0. The molecule has 2 fully saturated rings. The van der Waals surface area contributed by atoms with E-state index in [4.69, 9.17) is 9.47 Å². The zero-order valence-electron chi connectivity index (χ0n) is 22.1. The van der Waals surface area contributed by atoms with E-state index in [1.165, 1.54) is 6.20 Å². The lowest BCUT2D eigenvalue weighted by Crippen LogP contribution is -2.40. The number of hydrogen-bond donors (Lipinski definition) is 2. The van der Waals surface area contributed by atoms with Gasteiger partial charge in [0.2, 0.25) is 5.43 Å². The van der Waals surface area contributed by atoms with Crippen LogP contribution >= 0.6 is 0 Å². The molecule has 2 aromatic rings. The van der Waals surface area contributed by atoms with Gasteiger partial charge in [0, 0.05) is 31.4 Å². The van der Waals surface area contributed by atoms with Crippen LogP contribution in [0.1, 0.15) is 70.3 Å². The van der Waals surface area contributed by atoms with Crippen LogP contribution in [0.5, 0.6) is 5.75 Å². The summed E-state index contributed by atoms with van der Waals surface area (Å²) in [5.41, 5.74) is -0.921. The molecule has 2 atom stereocenters. The Morgan fingerprint density at radius 3 is 2.57 bits per heavy atom. The van der Waals surface area contributed by atoms with Gasteiger partial charge in [-0.15, -0.1) is 0 Å². The highest BCUT2D eigenvalue weighted by Gasteiger charge is 2.34. The Morgan fingerprint density at radius 1 is 1.27 bits per heavy atom. The molecule has 1 aliphatic heterocycles. The predicted molar refractivity (Wildman–Crippen MR) is 138 cm³/mol. The molecule has 0 spiro atoms. The van der Waals surface area contributed by atoms with Crippen molar-refractivity contribution in [1.82, 2.24) is 9.88 Å². The van der Waals surface area contributed by atoms with Crippen LogP contribution < -0.4 is 20.4 Å². The van der Waals surface area contributed by atoms with Gasteiger partial charge >= 0.3 is 11.9 Å². The third-order valence-corrected chi connectivity index (χ3v) is 6.89. The number of benzene rings is 1. The van der Waals surface area contributed by atoms with Crippen LogP contribution in [0.2, 0.25) is 0 Å². The summed E-state index contributed by atoms with van der Waals surface area (Å²) >= 11 is 0. The van der Waals surface area contributed by atoms with Gasteiger partial charge in [0.05, 0.1) is 24.1 Å². The Labute approximate surface area is 215 Å². The maximum absolute atomic E-state index is 15.7. The molecule has 202 valence electrons. The number of halogens is 1. The number of nitrogens with one attached hydrogen (secondary N) is 1. The molecule has 10 heteroatoms. The monoisotopic (exact) mass is 517 g/mol. The Bertz CT molecular complexity index is 1260. The molecule has 9 nitrogen and oxygen atoms in total. The van der Waals surface area contributed by atoms with E-state index in [2.05, 4.69) is 5.32 Å². The van der Waals surface area contributed by atoms with Gasteiger partial charge in [-0.3, -0.25) is 9.59 Å². The van der Waals surface area contributed by atoms with Crippen molar-refractivity contribution in [2.45, 2.75) is 71.6 Å². The number of anilines is 1. The van der Waals surface area contributed by atoms with Gasteiger partial charge in [0.1, 0.15) is 16.9 Å². The number of hydrogen-bond acceptors (Lipinski definition) is 7. The second-order valence-electron chi connectivity index (χ2n) is 10.9. The number of carboxylic acid groups (broad SMARTS) is 1. The minimum Gasteiger partial charge on any atom is -0.489 e. The Hall–Kier alpha value is -3.14. The third-order valence-electron chi connectivity index (χ3n) is 6.89. The second kappa shape index (κ2) is 10.3. The van der Waals surface area contributed by atoms with Crippen molar-refractivity contribution in [3.05, 3.63) is 33.9 Å². The van der Waals surface area contributed by atoms with Crippen LogP contribution in [0.25, 0.3) is 10.9 Å². The van der Waals surface area contributed by atoms with Gasteiger partial charge < -0.3 is 29.4 Å². The zero-order valence-corrected chi connectivity index (χ0v) is 22.1. The highest BCUT2D eigenvalue weighted by Crippen LogP contribution is 2.45. The fourth-order valence-corrected chi connectivity index (χ4v) is 5.00. The van der Waals surface area contributed by atoms with E-state index in [0.717, 1.165) is 25.3 Å². The first-order valence-electron chi connectivity index (χ1n) is 12.9. The number of carboxylic acids is 1. The molecule has 0 unspecified atom stereocenters. The van der Waals surface area contributed by atoms with Crippen molar-refractivity contribution in [1.29, 1.82) is 0 Å². The molecule has 1 saturated heterocycles. The number of aromatic nitrogens is 1. The lowest BCUT2D eigenvalue weighted by Gasteiger charge is -2.26. The molecule has 2 N–H and O–H groups in total. The highest BCUT2D eigenvalue weighted by atomic mass is 19.1. The molecule has 1 aliphatic carbocycles. The molecule has 0 amide bonds. The van der Waals surface area contributed by atoms with E-state index < -0.39 is 22.8 Å².